The van der Waals surface area contributed by atoms with Crippen LogP contribution in [0.1, 0.15) is 5.56 Å². The van der Waals surface area contributed by atoms with Gasteiger partial charge in [-0.1, -0.05) is 0 Å². The minimum absolute atomic E-state index is 0.428. The Kier molecular flexibility index (Phi) is 3.91. The van der Waals surface area contributed by atoms with Gasteiger partial charge in [0.25, 0.3) is 0 Å². The normalized spacial score (nSPS) is 10.5. The molecule has 0 atom stereocenters. The summed E-state index contributed by atoms with van der Waals surface area (Å²) < 4.78 is 15.9. The fourth-order valence-electron chi connectivity index (χ4n) is 1.91. The number of rotatable bonds is 5. The fraction of sp³-hybridized carbons (Fsp3) is 0.308. The molecule has 6 heteroatoms. The van der Waals surface area contributed by atoms with E-state index in [-0.39, 0.29) is 0 Å². The molecule has 2 aromatic rings. The summed E-state index contributed by atoms with van der Waals surface area (Å²) >= 11 is 0. The summed E-state index contributed by atoms with van der Waals surface area (Å²) in [4.78, 5) is 0. The third-order valence-corrected chi connectivity index (χ3v) is 2.79. The molecule has 0 aliphatic rings. The largest absolute Gasteiger partial charge is 0.496 e. The highest BCUT2D eigenvalue weighted by Crippen LogP contribution is 2.36. The number of aromatic nitrogens is 2. The highest BCUT2D eigenvalue weighted by atomic mass is 16.5. The van der Waals surface area contributed by atoms with E-state index in [1.54, 1.807) is 27.4 Å². The Bertz CT molecular complexity index is 566. The molecule has 0 aliphatic heterocycles. The summed E-state index contributed by atoms with van der Waals surface area (Å²) in [5.41, 5.74) is 8.15. The fourth-order valence-corrected chi connectivity index (χ4v) is 1.91. The van der Waals surface area contributed by atoms with Crippen molar-refractivity contribution in [1.29, 1.82) is 0 Å². The van der Waals surface area contributed by atoms with Crippen molar-refractivity contribution in [3.8, 4) is 22.8 Å². The van der Waals surface area contributed by atoms with Gasteiger partial charge in [0.1, 0.15) is 17.3 Å². The Morgan fingerprint density at radius 3 is 2.37 bits per heavy atom. The quantitative estimate of drug-likeness (QED) is 0.859. The molecule has 6 nitrogen and oxygen atoms in total. The van der Waals surface area contributed by atoms with E-state index in [4.69, 9.17) is 19.9 Å². The molecule has 3 N–H and O–H groups in total. The number of nitrogens with two attached hydrogens (primary N) is 1. The van der Waals surface area contributed by atoms with E-state index >= 15 is 0 Å². The second kappa shape index (κ2) is 5.62. The first-order chi connectivity index (χ1) is 9.19. The van der Waals surface area contributed by atoms with Gasteiger partial charge in [0, 0.05) is 24.3 Å². The number of hydrogen-bond donors (Lipinski definition) is 2. The molecule has 19 heavy (non-hydrogen) atoms. The molecule has 0 fully saturated rings. The van der Waals surface area contributed by atoms with Gasteiger partial charge in [0.15, 0.2) is 0 Å². The predicted octanol–water partition coefficient (Wildman–Crippen LogP) is 1.82. The van der Waals surface area contributed by atoms with Gasteiger partial charge in [-0.25, -0.2) is 0 Å². The minimum Gasteiger partial charge on any atom is -0.496 e. The molecule has 0 amide bonds. The lowest BCUT2D eigenvalue weighted by molar-refractivity contribution is 0.181. The number of hydrogen-bond acceptors (Lipinski definition) is 5. The van der Waals surface area contributed by atoms with E-state index < -0.39 is 0 Å². The Hall–Kier alpha value is -2.21. The number of methoxy groups -OCH3 is 3. The number of anilines is 1. The molecule has 0 spiro atoms. The van der Waals surface area contributed by atoms with Crippen molar-refractivity contribution in [3.05, 3.63) is 23.8 Å². The van der Waals surface area contributed by atoms with Crippen LogP contribution in [0.4, 0.5) is 5.82 Å². The summed E-state index contributed by atoms with van der Waals surface area (Å²) in [5.74, 6) is 1.86. The lowest BCUT2D eigenvalue weighted by atomic mass is 10.1. The number of nitrogens with one attached hydrogen (secondary N) is 1. The molecule has 2 rings (SSSR count). The van der Waals surface area contributed by atoms with Crippen molar-refractivity contribution in [2.24, 2.45) is 0 Å². The third-order valence-electron chi connectivity index (χ3n) is 2.79. The highest BCUT2D eigenvalue weighted by molar-refractivity contribution is 5.72. The topological polar surface area (TPSA) is 82.4 Å². The minimum atomic E-state index is 0.428. The predicted molar refractivity (Wildman–Crippen MR) is 72.3 cm³/mol. The maximum atomic E-state index is 5.62. The van der Waals surface area contributed by atoms with Gasteiger partial charge >= 0.3 is 0 Å². The van der Waals surface area contributed by atoms with Crippen LogP contribution in [-0.4, -0.2) is 31.5 Å². The lowest BCUT2D eigenvalue weighted by Crippen LogP contribution is -1.97. The molecule has 0 radical (unpaired) electrons. The maximum absolute atomic E-state index is 5.62. The van der Waals surface area contributed by atoms with Gasteiger partial charge in [0.2, 0.25) is 0 Å². The summed E-state index contributed by atoms with van der Waals surface area (Å²) in [6.45, 7) is 0.449. The van der Waals surface area contributed by atoms with E-state index in [1.165, 1.54) is 0 Å². The third kappa shape index (κ3) is 2.63. The first kappa shape index (κ1) is 13.2. The van der Waals surface area contributed by atoms with Crippen LogP contribution >= 0.6 is 0 Å². The molecule has 0 saturated heterocycles. The first-order valence-electron chi connectivity index (χ1n) is 5.74. The van der Waals surface area contributed by atoms with Crippen molar-refractivity contribution in [2.45, 2.75) is 6.61 Å². The van der Waals surface area contributed by atoms with Gasteiger partial charge in [-0.15, -0.1) is 0 Å². The smallest absolute Gasteiger partial charge is 0.145 e. The SMILES string of the molecule is COCc1cc(OC)c(-c2cc(N)n[nH]2)cc1OC. The average molecular weight is 263 g/mol. The average Bonchev–Trinajstić information content (AvgIpc) is 2.85. The van der Waals surface area contributed by atoms with E-state index in [9.17, 15) is 0 Å². The number of nitrogens with zero attached hydrogens (tertiary/aromatic N) is 1. The lowest BCUT2D eigenvalue weighted by Gasteiger charge is -2.13. The Balaban J connectivity index is 2.53. The molecule has 1 aromatic carbocycles. The van der Waals surface area contributed by atoms with Crippen molar-refractivity contribution in [2.75, 3.05) is 27.1 Å². The highest BCUT2D eigenvalue weighted by Gasteiger charge is 2.14. The van der Waals surface area contributed by atoms with Crippen LogP contribution in [0.5, 0.6) is 11.5 Å². The molecule has 1 aromatic heterocycles. The van der Waals surface area contributed by atoms with Gasteiger partial charge in [-0.05, 0) is 12.1 Å². The van der Waals surface area contributed by atoms with Crippen LogP contribution in [0.15, 0.2) is 18.2 Å². The van der Waals surface area contributed by atoms with E-state index in [0.717, 1.165) is 22.6 Å². The monoisotopic (exact) mass is 263 g/mol. The zero-order valence-corrected chi connectivity index (χ0v) is 11.2. The zero-order chi connectivity index (χ0) is 13.8. The second-order valence-corrected chi connectivity index (χ2v) is 4.00. The standard InChI is InChI=1S/C13H17N3O3/c1-17-7-8-4-12(19-3)9(5-11(8)18-2)10-6-13(14)16-15-10/h4-6H,7H2,1-3H3,(H3,14,15,16). The summed E-state index contributed by atoms with van der Waals surface area (Å²) in [5, 5.41) is 6.77. The van der Waals surface area contributed by atoms with Gasteiger partial charge in [-0.3, -0.25) is 5.10 Å². The van der Waals surface area contributed by atoms with Gasteiger partial charge in [0.05, 0.1) is 26.5 Å². The molecule has 0 unspecified atom stereocenters. The van der Waals surface area contributed by atoms with Crippen LogP contribution in [0, 0.1) is 0 Å². The van der Waals surface area contributed by atoms with Crippen molar-refractivity contribution in [3.63, 3.8) is 0 Å². The number of nitrogen functional groups attached to an aromatic ring is 1. The maximum Gasteiger partial charge on any atom is 0.145 e. The van der Waals surface area contributed by atoms with Crippen LogP contribution in [0.25, 0.3) is 11.3 Å². The zero-order valence-electron chi connectivity index (χ0n) is 11.2. The number of H-pyrrole nitrogens is 1. The summed E-state index contributed by atoms with van der Waals surface area (Å²) in [6, 6.07) is 5.50. The summed E-state index contributed by atoms with van der Waals surface area (Å²) in [7, 11) is 4.86. The van der Waals surface area contributed by atoms with Gasteiger partial charge < -0.3 is 19.9 Å². The summed E-state index contributed by atoms with van der Waals surface area (Å²) in [6.07, 6.45) is 0. The molecular weight excluding hydrogens is 246 g/mol. The number of benzene rings is 1. The number of ether oxygens (including phenoxy) is 3. The van der Waals surface area contributed by atoms with Crippen LogP contribution in [0.3, 0.4) is 0 Å². The van der Waals surface area contributed by atoms with E-state index in [2.05, 4.69) is 10.2 Å². The molecule has 1 heterocycles. The molecule has 0 saturated carbocycles. The van der Waals surface area contributed by atoms with E-state index in [1.807, 2.05) is 12.1 Å². The number of aromatic amines is 1. The second-order valence-electron chi connectivity index (χ2n) is 4.00. The molecular formula is C13H17N3O3. The van der Waals surface area contributed by atoms with E-state index in [0.29, 0.717) is 18.2 Å². The van der Waals surface area contributed by atoms with Crippen LogP contribution in [-0.2, 0) is 11.3 Å². The van der Waals surface area contributed by atoms with Gasteiger partial charge in [-0.2, -0.15) is 5.10 Å². The van der Waals surface area contributed by atoms with Crippen LogP contribution in [0.2, 0.25) is 0 Å². The first-order valence-corrected chi connectivity index (χ1v) is 5.74. The molecule has 0 aliphatic carbocycles. The Labute approximate surface area is 111 Å². The molecule has 102 valence electrons. The van der Waals surface area contributed by atoms with Crippen molar-refractivity contribution >= 4 is 5.82 Å². The van der Waals surface area contributed by atoms with Crippen molar-refractivity contribution in [1.82, 2.24) is 10.2 Å². The Morgan fingerprint density at radius 1 is 1.11 bits per heavy atom. The molecule has 0 bridgehead atoms. The van der Waals surface area contributed by atoms with Crippen LogP contribution < -0.4 is 15.2 Å². The Morgan fingerprint density at radius 2 is 1.84 bits per heavy atom. The van der Waals surface area contributed by atoms with Crippen molar-refractivity contribution < 1.29 is 14.2 Å².